The Hall–Kier alpha value is -1.13. The highest BCUT2D eigenvalue weighted by atomic mass is 35.5. The number of carbonyl (C=O) groups excluding carboxylic acids is 1. The van der Waals surface area contributed by atoms with Crippen molar-refractivity contribution in [3.05, 3.63) is 34.6 Å². The van der Waals surface area contributed by atoms with Crippen LogP contribution in [0.15, 0.2) is 18.2 Å². The van der Waals surface area contributed by atoms with Gasteiger partial charge in [-0.05, 0) is 38.0 Å². The quantitative estimate of drug-likeness (QED) is 0.835. The number of carbonyl (C=O) groups is 1. The maximum absolute atomic E-state index is 13.7. The van der Waals surface area contributed by atoms with E-state index in [0.29, 0.717) is 18.1 Å². The highest BCUT2D eigenvalue weighted by Crippen LogP contribution is 2.26. The van der Waals surface area contributed by atoms with E-state index in [1.54, 1.807) is 12.0 Å². The predicted octanol–water partition coefficient (Wildman–Crippen LogP) is 3.12. The maximum Gasteiger partial charge on any atom is 0.256 e. The number of halogens is 2. The largest absolute Gasteiger partial charge is 0.377 e. The molecule has 0 bridgehead atoms. The zero-order valence-corrected chi connectivity index (χ0v) is 11.8. The summed E-state index contributed by atoms with van der Waals surface area (Å²) in [5, 5.41) is 0.358. The Morgan fingerprint density at radius 3 is 2.95 bits per heavy atom. The number of piperidine rings is 1. The van der Waals surface area contributed by atoms with Gasteiger partial charge in [0.05, 0.1) is 11.2 Å². The number of nitrogens with zero attached hydrogens (tertiary/aromatic N) is 1. The molecule has 0 N–H and O–H groups in total. The lowest BCUT2D eigenvalue weighted by molar-refractivity contribution is -0.0441. The summed E-state index contributed by atoms with van der Waals surface area (Å²) in [6.07, 6.45) is 1.74. The molecule has 1 amide bonds. The van der Waals surface area contributed by atoms with E-state index in [0.717, 1.165) is 12.8 Å². The Morgan fingerprint density at radius 2 is 2.26 bits per heavy atom. The second kappa shape index (κ2) is 5.47. The number of hydrogen-bond acceptors (Lipinski definition) is 2. The van der Waals surface area contributed by atoms with Crippen LogP contribution in [-0.2, 0) is 4.74 Å². The Balaban J connectivity index is 2.22. The SMILES string of the molecule is COC1(C)CCCN(C(=O)c2cc(Cl)ccc2F)C1. The molecule has 0 spiro atoms. The number of benzene rings is 1. The van der Waals surface area contributed by atoms with Crippen LogP contribution >= 0.6 is 11.6 Å². The monoisotopic (exact) mass is 285 g/mol. The fourth-order valence-electron chi connectivity index (χ4n) is 2.38. The van der Waals surface area contributed by atoms with Crippen LogP contribution in [0.2, 0.25) is 5.02 Å². The summed E-state index contributed by atoms with van der Waals surface area (Å²) >= 11 is 5.82. The lowest BCUT2D eigenvalue weighted by Gasteiger charge is -2.39. The zero-order valence-electron chi connectivity index (χ0n) is 11.1. The Bertz CT molecular complexity index is 494. The number of amides is 1. The van der Waals surface area contributed by atoms with Gasteiger partial charge >= 0.3 is 0 Å². The lowest BCUT2D eigenvalue weighted by Crippen LogP contribution is -2.49. The van der Waals surface area contributed by atoms with Crippen molar-refractivity contribution in [2.45, 2.75) is 25.4 Å². The first-order valence-corrected chi connectivity index (χ1v) is 6.62. The molecule has 1 unspecified atom stereocenters. The summed E-state index contributed by atoms with van der Waals surface area (Å²) in [4.78, 5) is 14.0. The third-order valence-electron chi connectivity index (χ3n) is 3.60. The predicted molar refractivity (Wildman–Crippen MR) is 72.0 cm³/mol. The molecule has 104 valence electrons. The molecular weight excluding hydrogens is 269 g/mol. The number of likely N-dealkylation sites (tertiary alicyclic amines) is 1. The molecule has 0 aliphatic carbocycles. The van der Waals surface area contributed by atoms with E-state index in [1.165, 1.54) is 18.2 Å². The summed E-state index contributed by atoms with van der Waals surface area (Å²) in [6, 6.07) is 4.02. The van der Waals surface area contributed by atoms with Gasteiger partial charge in [-0.25, -0.2) is 4.39 Å². The highest BCUT2D eigenvalue weighted by Gasteiger charge is 2.34. The summed E-state index contributed by atoms with van der Waals surface area (Å²) < 4.78 is 19.1. The standard InChI is InChI=1S/C14H17ClFNO2/c1-14(19-2)6-3-7-17(9-14)13(18)11-8-10(15)4-5-12(11)16/h4-5,8H,3,6-7,9H2,1-2H3. The second-order valence-corrected chi connectivity index (χ2v) is 5.54. The van der Waals surface area contributed by atoms with E-state index in [2.05, 4.69) is 0 Å². The first-order valence-electron chi connectivity index (χ1n) is 6.25. The molecule has 5 heteroatoms. The first kappa shape index (κ1) is 14.3. The summed E-state index contributed by atoms with van der Waals surface area (Å²) in [6.45, 7) is 3.04. The number of ether oxygens (including phenoxy) is 1. The van der Waals surface area contributed by atoms with Gasteiger partial charge in [0.25, 0.3) is 5.91 Å². The Morgan fingerprint density at radius 1 is 1.53 bits per heavy atom. The van der Waals surface area contributed by atoms with Gasteiger partial charge in [0.15, 0.2) is 0 Å². The maximum atomic E-state index is 13.7. The van der Waals surface area contributed by atoms with Crippen LogP contribution in [0.3, 0.4) is 0 Å². The van der Waals surface area contributed by atoms with Crippen LogP contribution in [-0.4, -0.2) is 36.6 Å². The van der Waals surface area contributed by atoms with Crippen molar-refractivity contribution in [2.24, 2.45) is 0 Å². The van der Waals surface area contributed by atoms with Crippen molar-refractivity contribution >= 4 is 17.5 Å². The highest BCUT2D eigenvalue weighted by molar-refractivity contribution is 6.31. The third-order valence-corrected chi connectivity index (χ3v) is 3.83. The fraction of sp³-hybridized carbons (Fsp3) is 0.500. The van der Waals surface area contributed by atoms with Gasteiger partial charge < -0.3 is 9.64 Å². The molecule has 1 atom stereocenters. The van der Waals surface area contributed by atoms with Crippen molar-refractivity contribution < 1.29 is 13.9 Å². The molecule has 1 saturated heterocycles. The van der Waals surface area contributed by atoms with Gasteiger partial charge in [-0.2, -0.15) is 0 Å². The Kier molecular flexibility index (Phi) is 4.11. The van der Waals surface area contributed by atoms with Crippen molar-refractivity contribution in [2.75, 3.05) is 20.2 Å². The van der Waals surface area contributed by atoms with Gasteiger partial charge in [-0.3, -0.25) is 4.79 Å². The van der Waals surface area contributed by atoms with Crippen molar-refractivity contribution in [1.29, 1.82) is 0 Å². The van der Waals surface area contributed by atoms with E-state index in [1.807, 2.05) is 6.92 Å². The molecule has 1 aliphatic heterocycles. The number of methoxy groups -OCH3 is 1. The topological polar surface area (TPSA) is 29.5 Å². The molecule has 1 heterocycles. The van der Waals surface area contributed by atoms with Crippen LogP contribution in [0.4, 0.5) is 4.39 Å². The van der Waals surface area contributed by atoms with E-state index < -0.39 is 5.82 Å². The molecule has 0 aromatic heterocycles. The van der Waals surface area contributed by atoms with Crippen LogP contribution < -0.4 is 0 Å². The van der Waals surface area contributed by atoms with E-state index in [4.69, 9.17) is 16.3 Å². The third kappa shape index (κ3) is 3.07. The lowest BCUT2D eigenvalue weighted by atomic mass is 9.94. The minimum Gasteiger partial charge on any atom is -0.377 e. The average molecular weight is 286 g/mol. The van der Waals surface area contributed by atoms with Crippen molar-refractivity contribution in [3.63, 3.8) is 0 Å². The second-order valence-electron chi connectivity index (χ2n) is 5.11. The molecular formula is C14H17ClFNO2. The van der Waals surface area contributed by atoms with E-state index in [9.17, 15) is 9.18 Å². The minimum atomic E-state index is -0.543. The fourth-order valence-corrected chi connectivity index (χ4v) is 2.55. The first-order chi connectivity index (χ1) is 8.95. The van der Waals surface area contributed by atoms with Gasteiger partial charge in [0, 0.05) is 25.2 Å². The smallest absolute Gasteiger partial charge is 0.256 e. The van der Waals surface area contributed by atoms with E-state index >= 15 is 0 Å². The molecule has 1 aromatic rings. The van der Waals surface area contributed by atoms with Crippen LogP contribution in [0.1, 0.15) is 30.1 Å². The minimum absolute atomic E-state index is 0.0212. The van der Waals surface area contributed by atoms with Crippen LogP contribution in [0.5, 0.6) is 0 Å². The normalized spacial score (nSPS) is 23.5. The molecule has 0 radical (unpaired) electrons. The zero-order chi connectivity index (χ0) is 14.0. The van der Waals surface area contributed by atoms with Crippen molar-refractivity contribution in [3.8, 4) is 0 Å². The number of hydrogen-bond donors (Lipinski definition) is 0. The Labute approximate surface area is 117 Å². The molecule has 2 rings (SSSR count). The van der Waals surface area contributed by atoms with Gasteiger partial charge in [0.1, 0.15) is 5.82 Å². The molecule has 0 saturated carbocycles. The van der Waals surface area contributed by atoms with Gasteiger partial charge in [0.2, 0.25) is 0 Å². The molecule has 19 heavy (non-hydrogen) atoms. The number of rotatable bonds is 2. The molecule has 1 fully saturated rings. The average Bonchev–Trinajstić information content (AvgIpc) is 2.41. The van der Waals surface area contributed by atoms with Crippen LogP contribution in [0.25, 0.3) is 0 Å². The summed E-state index contributed by atoms with van der Waals surface area (Å²) in [5.41, 5.74) is -0.337. The van der Waals surface area contributed by atoms with E-state index in [-0.39, 0.29) is 17.1 Å². The molecule has 3 nitrogen and oxygen atoms in total. The van der Waals surface area contributed by atoms with Gasteiger partial charge in [-0.15, -0.1) is 0 Å². The summed E-state index contributed by atoms with van der Waals surface area (Å²) in [7, 11) is 1.63. The summed E-state index contributed by atoms with van der Waals surface area (Å²) in [5.74, 6) is -0.873. The molecule has 1 aromatic carbocycles. The van der Waals surface area contributed by atoms with Crippen LogP contribution in [0, 0.1) is 5.82 Å². The van der Waals surface area contributed by atoms with Gasteiger partial charge in [-0.1, -0.05) is 11.6 Å². The molecule has 1 aliphatic rings. The van der Waals surface area contributed by atoms with Crippen molar-refractivity contribution in [1.82, 2.24) is 4.90 Å².